The van der Waals surface area contributed by atoms with E-state index in [9.17, 15) is 5.11 Å². The Hall–Kier alpha value is -0.860. The molecule has 2 nitrogen and oxygen atoms in total. The van der Waals surface area contributed by atoms with Crippen molar-refractivity contribution in [1.29, 1.82) is 0 Å². The zero-order valence-electron chi connectivity index (χ0n) is 9.24. The summed E-state index contributed by atoms with van der Waals surface area (Å²) in [6.45, 7) is 2.14. The minimum atomic E-state index is -1.12. The lowest BCUT2D eigenvalue weighted by Gasteiger charge is -2.38. The lowest BCUT2D eigenvalue weighted by Crippen LogP contribution is -2.47. The number of aryl methyl sites for hydroxylation is 1. The summed E-state index contributed by atoms with van der Waals surface area (Å²) in [4.78, 5) is 0. The highest BCUT2D eigenvalue weighted by atomic mass is 16.3. The van der Waals surface area contributed by atoms with E-state index in [-0.39, 0.29) is 5.92 Å². The first-order valence-electron chi connectivity index (χ1n) is 5.76. The fraction of sp³-hybridized carbons (Fsp3) is 0.538. The standard InChI is InChI=1S/C13H19NO/c1-2-5-11-9-8-10-6-3-4-7-12(10)13(11,14)15/h3-4,6-7,11,15H,2,5,8-9,14H2,1H3. The third kappa shape index (κ3) is 1.80. The quantitative estimate of drug-likeness (QED) is 0.727. The molecule has 0 bridgehead atoms. The fourth-order valence-corrected chi connectivity index (χ4v) is 2.61. The van der Waals surface area contributed by atoms with Crippen LogP contribution in [0.25, 0.3) is 0 Å². The van der Waals surface area contributed by atoms with Gasteiger partial charge >= 0.3 is 0 Å². The van der Waals surface area contributed by atoms with E-state index in [0.29, 0.717) is 0 Å². The Balaban J connectivity index is 2.36. The first-order chi connectivity index (χ1) is 7.16. The molecule has 1 aliphatic carbocycles. The lowest BCUT2D eigenvalue weighted by atomic mass is 9.75. The van der Waals surface area contributed by atoms with Crippen LogP contribution in [0.4, 0.5) is 0 Å². The van der Waals surface area contributed by atoms with Gasteiger partial charge in [0.2, 0.25) is 0 Å². The van der Waals surface area contributed by atoms with Gasteiger partial charge in [0.05, 0.1) is 0 Å². The van der Waals surface area contributed by atoms with Crippen LogP contribution in [0, 0.1) is 5.92 Å². The minimum Gasteiger partial charge on any atom is -0.371 e. The van der Waals surface area contributed by atoms with Crippen molar-refractivity contribution >= 4 is 0 Å². The van der Waals surface area contributed by atoms with Gasteiger partial charge in [0.25, 0.3) is 0 Å². The number of fused-ring (bicyclic) bond motifs is 1. The molecular weight excluding hydrogens is 186 g/mol. The third-order valence-electron chi connectivity index (χ3n) is 3.47. The van der Waals surface area contributed by atoms with Gasteiger partial charge in [-0.15, -0.1) is 0 Å². The third-order valence-corrected chi connectivity index (χ3v) is 3.47. The molecule has 0 aliphatic heterocycles. The Morgan fingerprint density at radius 1 is 1.47 bits per heavy atom. The average molecular weight is 205 g/mol. The molecule has 2 rings (SSSR count). The summed E-state index contributed by atoms with van der Waals surface area (Å²) in [5, 5.41) is 10.4. The number of hydrogen-bond donors (Lipinski definition) is 2. The summed E-state index contributed by atoms with van der Waals surface area (Å²) in [7, 11) is 0. The van der Waals surface area contributed by atoms with Crippen LogP contribution in [-0.4, -0.2) is 5.11 Å². The molecular formula is C13H19NO. The Labute approximate surface area is 91.1 Å². The lowest BCUT2D eigenvalue weighted by molar-refractivity contribution is -0.0333. The Kier molecular flexibility index (Phi) is 2.81. The molecule has 1 aliphatic rings. The molecule has 0 saturated heterocycles. The second-order valence-electron chi connectivity index (χ2n) is 4.51. The molecule has 2 heteroatoms. The number of nitrogens with two attached hydrogens (primary N) is 1. The van der Waals surface area contributed by atoms with E-state index in [1.807, 2.05) is 18.2 Å². The molecule has 0 spiro atoms. The molecule has 1 aromatic rings. The topological polar surface area (TPSA) is 46.2 Å². The number of rotatable bonds is 2. The predicted molar refractivity (Wildman–Crippen MR) is 61.2 cm³/mol. The van der Waals surface area contributed by atoms with E-state index in [1.54, 1.807) is 0 Å². The zero-order valence-corrected chi connectivity index (χ0v) is 9.24. The van der Waals surface area contributed by atoms with Crippen molar-refractivity contribution < 1.29 is 5.11 Å². The van der Waals surface area contributed by atoms with E-state index >= 15 is 0 Å². The molecule has 2 unspecified atom stereocenters. The average Bonchev–Trinajstić information content (AvgIpc) is 2.23. The second-order valence-corrected chi connectivity index (χ2v) is 4.51. The second kappa shape index (κ2) is 3.95. The van der Waals surface area contributed by atoms with Gasteiger partial charge in [-0.1, -0.05) is 37.6 Å². The predicted octanol–water partition coefficient (Wildman–Crippen LogP) is 2.15. The SMILES string of the molecule is CCCC1CCc2ccccc2C1(N)O. The molecule has 0 amide bonds. The van der Waals surface area contributed by atoms with Gasteiger partial charge in [0, 0.05) is 11.5 Å². The van der Waals surface area contributed by atoms with E-state index in [0.717, 1.165) is 31.2 Å². The summed E-state index contributed by atoms with van der Waals surface area (Å²) in [6.07, 6.45) is 4.12. The summed E-state index contributed by atoms with van der Waals surface area (Å²) in [5.41, 5.74) is 7.08. The van der Waals surface area contributed by atoms with Crippen LogP contribution in [0.2, 0.25) is 0 Å². The van der Waals surface area contributed by atoms with Gasteiger partial charge in [-0.05, 0) is 24.8 Å². The largest absolute Gasteiger partial charge is 0.371 e. The molecule has 15 heavy (non-hydrogen) atoms. The molecule has 3 N–H and O–H groups in total. The maximum Gasteiger partial charge on any atom is 0.142 e. The van der Waals surface area contributed by atoms with Crippen molar-refractivity contribution in [1.82, 2.24) is 0 Å². The number of benzene rings is 1. The molecule has 2 atom stereocenters. The normalized spacial score (nSPS) is 29.9. The van der Waals surface area contributed by atoms with Crippen LogP contribution in [-0.2, 0) is 12.1 Å². The molecule has 0 aromatic heterocycles. The Morgan fingerprint density at radius 2 is 2.20 bits per heavy atom. The summed E-state index contributed by atoms with van der Waals surface area (Å²) in [6, 6.07) is 7.98. The monoisotopic (exact) mass is 205 g/mol. The van der Waals surface area contributed by atoms with Crippen LogP contribution in [0.3, 0.4) is 0 Å². The van der Waals surface area contributed by atoms with Gasteiger partial charge in [0.1, 0.15) is 5.72 Å². The van der Waals surface area contributed by atoms with E-state index in [1.165, 1.54) is 5.56 Å². The number of aliphatic hydroxyl groups is 1. The smallest absolute Gasteiger partial charge is 0.142 e. The summed E-state index contributed by atoms with van der Waals surface area (Å²) in [5.74, 6) is 0.206. The van der Waals surface area contributed by atoms with E-state index in [2.05, 4.69) is 13.0 Å². The molecule has 1 aromatic carbocycles. The van der Waals surface area contributed by atoms with Gasteiger partial charge in [-0.2, -0.15) is 0 Å². The highest BCUT2D eigenvalue weighted by Crippen LogP contribution is 2.38. The van der Waals surface area contributed by atoms with Gasteiger partial charge in [0.15, 0.2) is 0 Å². The van der Waals surface area contributed by atoms with Crippen LogP contribution in [0.15, 0.2) is 24.3 Å². The van der Waals surface area contributed by atoms with Crippen LogP contribution in [0.5, 0.6) is 0 Å². The molecule has 0 saturated carbocycles. The van der Waals surface area contributed by atoms with E-state index < -0.39 is 5.72 Å². The summed E-state index contributed by atoms with van der Waals surface area (Å²) < 4.78 is 0. The molecule has 0 heterocycles. The van der Waals surface area contributed by atoms with Crippen molar-refractivity contribution in [3.63, 3.8) is 0 Å². The van der Waals surface area contributed by atoms with Crippen LogP contribution in [0.1, 0.15) is 37.3 Å². The first kappa shape index (κ1) is 10.7. The highest BCUT2D eigenvalue weighted by Gasteiger charge is 2.38. The van der Waals surface area contributed by atoms with Crippen molar-refractivity contribution in [2.75, 3.05) is 0 Å². The van der Waals surface area contributed by atoms with Gasteiger partial charge in [-0.25, -0.2) is 0 Å². The van der Waals surface area contributed by atoms with Crippen molar-refractivity contribution in [3.8, 4) is 0 Å². The van der Waals surface area contributed by atoms with Crippen LogP contribution >= 0.6 is 0 Å². The maximum atomic E-state index is 10.4. The minimum absolute atomic E-state index is 0.206. The molecule has 0 fully saturated rings. The Bertz CT molecular complexity index is 346. The Morgan fingerprint density at radius 3 is 2.93 bits per heavy atom. The van der Waals surface area contributed by atoms with Crippen molar-refractivity contribution in [2.45, 2.75) is 38.3 Å². The van der Waals surface area contributed by atoms with Crippen LogP contribution < -0.4 is 5.73 Å². The fourth-order valence-electron chi connectivity index (χ4n) is 2.61. The van der Waals surface area contributed by atoms with E-state index in [4.69, 9.17) is 5.73 Å². The highest BCUT2D eigenvalue weighted by molar-refractivity contribution is 5.34. The van der Waals surface area contributed by atoms with Crippen molar-refractivity contribution in [3.05, 3.63) is 35.4 Å². The zero-order chi connectivity index (χ0) is 10.9. The summed E-state index contributed by atoms with van der Waals surface area (Å²) >= 11 is 0. The van der Waals surface area contributed by atoms with Crippen molar-refractivity contribution in [2.24, 2.45) is 11.7 Å². The number of hydrogen-bond acceptors (Lipinski definition) is 2. The first-order valence-corrected chi connectivity index (χ1v) is 5.76. The van der Waals surface area contributed by atoms with Gasteiger partial charge in [-0.3, -0.25) is 5.73 Å². The molecule has 0 radical (unpaired) electrons. The maximum absolute atomic E-state index is 10.4. The molecule has 82 valence electrons. The van der Waals surface area contributed by atoms with Gasteiger partial charge < -0.3 is 5.11 Å².